The first-order valence-corrected chi connectivity index (χ1v) is 12.0. The van der Waals surface area contributed by atoms with Crippen LogP contribution in [0.3, 0.4) is 0 Å². The number of terminal acetylenes is 1. The van der Waals surface area contributed by atoms with Crippen molar-refractivity contribution in [2.75, 3.05) is 10.8 Å². The zero-order valence-corrected chi connectivity index (χ0v) is 19.5. The number of aryl methyl sites for hydroxylation is 1. The molecule has 0 bridgehead atoms. The number of carbonyl (C=O) groups is 1. The number of anilines is 1. The van der Waals surface area contributed by atoms with Gasteiger partial charge >= 0.3 is 12.4 Å². The van der Waals surface area contributed by atoms with Crippen molar-refractivity contribution in [2.45, 2.75) is 48.2 Å². The zero-order valence-electron chi connectivity index (χ0n) is 18.7. The first-order valence-electron chi connectivity index (χ1n) is 10.5. The summed E-state index contributed by atoms with van der Waals surface area (Å²) in [4.78, 5) is 11.9. The standard InChI is InChI=1S/C23H19F7N2O4S/c1-2-11-31-20(33)13-17-7-3-14-12-15(21(34,22(25,26)27)23(28,29)30)4-10-19(14)32(17)37(35,36)18-8-5-16(24)6-9-18/h1,4-6,8-10,12,17,34H,3,7,11,13H2,(H,31,33)/t17-/m0/s1. The molecule has 1 aliphatic rings. The summed E-state index contributed by atoms with van der Waals surface area (Å²) >= 11 is 0. The minimum absolute atomic E-state index is 0.163. The molecule has 2 N–H and O–H groups in total. The van der Waals surface area contributed by atoms with Crippen LogP contribution in [-0.2, 0) is 26.8 Å². The third-order valence-electron chi connectivity index (χ3n) is 5.81. The second-order valence-corrected chi connectivity index (χ2v) is 10.00. The quantitative estimate of drug-likeness (QED) is 0.422. The summed E-state index contributed by atoms with van der Waals surface area (Å²) in [6, 6.07) is 3.93. The van der Waals surface area contributed by atoms with Crippen LogP contribution < -0.4 is 9.62 Å². The van der Waals surface area contributed by atoms with E-state index >= 15 is 0 Å². The van der Waals surface area contributed by atoms with Gasteiger partial charge in [0, 0.05) is 12.0 Å². The molecular weight excluding hydrogens is 533 g/mol. The highest BCUT2D eigenvalue weighted by Crippen LogP contribution is 2.51. The molecule has 0 radical (unpaired) electrons. The average molecular weight is 552 g/mol. The number of carbonyl (C=O) groups excluding carboxylic acids is 1. The average Bonchev–Trinajstić information content (AvgIpc) is 2.80. The van der Waals surface area contributed by atoms with Gasteiger partial charge in [-0.25, -0.2) is 12.8 Å². The number of sulfonamides is 1. The third kappa shape index (κ3) is 5.24. The van der Waals surface area contributed by atoms with E-state index in [0.717, 1.165) is 24.3 Å². The first-order chi connectivity index (χ1) is 17.0. The molecule has 2 aromatic rings. The van der Waals surface area contributed by atoms with Gasteiger partial charge in [-0.1, -0.05) is 18.1 Å². The van der Waals surface area contributed by atoms with Gasteiger partial charge in [0.05, 0.1) is 23.2 Å². The Kier molecular flexibility index (Phi) is 7.54. The van der Waals surface area contributed by atoms with Gasteiger partial charge in [-0.15, -0.1) is 6.42 Å². The Balaban J connectivity index is 2.16. The minimum atomic E-state index is -6.13. The molecule has 37 heavy (non-hydrogen) atoms. The maximum Gasteiger partial charge on any atom is 0.430 e. The normalized spacial score (nSPS) is 16.6. The van der Waals surface area contributed by atoms with Gasteiger partial charge in [-0.3, -0.25) is 9.10 Å². The predicted molar refractivity (Wildman–Crippen MR) is 117 cm³/mol. The molecule has 2 aromatic carbocycles. The maximum atomic E-state index is 13.5. The van der Waals surface area contributed by atoms with Crippen LogP contribution in [0.2, 0.25) is 0 Å². The molecule has 14 heteroatoms. The van der Waals surface area contributed by atoms with E-state index in [-0.39, 0.29) is 30.6 Å². The maximum absolute atomic E-state index is 13.5. The molecule has 1 amide bonds. The Hall–Kier alpha value is -3.31. The topological polar surface area (TPSA) is 86.7 Å². The van der Waals surface area contributed by atoms with Crippen molar-refractivity contribution in [3.05, 3.63) is 59.4 Å². The monoisotopic (exact) mass is 552 g/mol. The van der Waals surface area contributed by atoms with Gasteiger partial charge in [0.25, 0.3) is 15.6 Å². The summed E-state index contributed by atoms with van der Waals surface area (Å²) in [7, 11) is -4.57. The fourth-order valence-corrected chi connectivity index (χ4v) is 5.73. The fraction of sp³-hybridized carbons (Fsp3) is 0.348. The lowest BCUT2D eigenvalue weighted by Crippen LogP contribution is -2.54. The SMILES string of the molecule is C#CCNC(=O)C[C@@H]1CCc2cc(C(O)(C(F)(F)F)C(F)(F)F)ccc2N1S(=O)(=O)c1ccc(F)cc1. The molecule has 0 saturated heterocycles. The summed E-state index contributed by atoms with van der Waals surface area (Å²) < 4.78 is 121. The van der Waals surface area contributed by atoms with Crippen LogP contribution in [0.5, 0.6) is 0 Å². The van der Waals surface area contributed by atoms with Crippen molar-refractivity contribution in [3.8, 4) is 12.3 Å². The lowest BCUT2D eigenvalue weighted by molar-refractivity contribution is -0.376. The Labute approximate surface area is 207 Å². The van der Waals surface area contributed by atoms with Crippen LogP contribution in [0.4, 0.5) is 36.4 Å². The van der Waals surface area contributed by atoms with Crippen LogP contribution >= 0.6 is 0 Å². The Morgan fingerprint density at radius 1 is 1.08 bits per heavy atom. The predicted octanol–water partition coefficient (Wildman–Crippen LogP) is 3.79. The van der Waals surface area contributed by atoms with Crippen molar-refractivity contribution in [3.63, 3.8) is 0 Å². The first kappa shape index (κ1) is 28.3. The van der Waals surface area contributed by atoms with E-state index in [1.165, 1.54) is 0 Å². The van der Waals surface area contributed by atoms with E-state index in [9.17, 15) is 49.1 Å². The van der Waals surface area contributed by atoms with Crippen LogP contribution in [0, 0.1) is 18.2 Å². The van der Waals surface area contributed by atoms with Gasteiger partial charge in [-0.05, 0) is 48.7 Å². The van der Waals surface area contributed by atoms with E-state index in [2.05, 4.69) is 11.2 Å². The molecule has 1 aliphatic heterocycles. The summed E-state index contributed by atoms with van der Waals surface area (Å²) in [6.45, 7) is -0.163. The fourth-order valence-electron chi connectivity index (χ4n) is 4.02. The molecule has 0 saturated carbocycles. The van der Waals surface area contributed by atoms with Crippen LogP contribution in [0.1, 0.15) is 24.0 Å². The molecule has 0 spiro atoms. The minimum Gasteiger partial charge on any atom is -0.369 e. The van der Waals surface area contributed by atoms with Gasteiger partial charge in [0.2, 0.25) is 5.91 Å². The number of hydrogen-bond donors (Lipinski definition) is 2. The summed E-state index contributed by atoms with van der Waals surface area (Å²) in [5, 5.41) is 12.1. The lowest BCUT2D eigenvalue weighted by Gasteiger charge is -2.39. The van der Waals surface area contributed by atoms with Crippen molar-refractivity contribution in [1.29, 1.82) is 0 Å². The number of rotatable bonds is 6. The van der Waals surface area contributed by atoms with Gasteiger partial charge in [0.15, 0.2) is 0 Å². The molecule has 0 fully saturated rings. The molecule has 0 aromatic heterocycles. The number of amides is 1. The Morgan fingerprint density at radius 2 is 1.68 bits per heavy atom. The largest absolute Gasteiger partial charge is 0.430 e. The summed E-state index contributed by atoms with van der Waals surface area (Å²) in [6.07, 6.45) is -7.99. The number of hydrogen-bond acceptors (Lipinski definition) is 4. The van der Waals surface area contributed by atoms with Crippen LogP contribution in [-0.4, -0.2) is 44.4 Å². The summed E-state index contributed by atoms with van der Waals surface area (Å²) in [5.74, 6) is 0.757. The lowest BCUT2D eigenvalue weighted by atomic mass is 9.87. The highest BCUT2D eigenvalue weighted by molar-refractivity contribution is 7.92. The second kappa shape index (κ2) is 9.86. The van der Waals surface area contributed by atoms with E-state index in [1.54, 1.807) is 0 Å². The molecule has 1 atom stereocenters. The van der Waals surface area contributed by atoms with E-state index < -0.39 is 62.6 Å². The molecular formula is C23H19F7N2O4S. The highest BCUT2D eigenvalue weighted by atomic mass is 32.2. The smallest absolute Gasteiger partial charge is 0.369 e. The third-order valence-corrected chi connectivity index (χ3v) is 7.69. The van der Waals surface area contributed by atoms with E-state index in [1.807, 2.05) is 0 Å². The van der Waals surface area contributed by atoms with Crippen molar-refractivity contribution in [2.24, 2.45) is 0 Å². The molecule has 200 valence electrons. The number of fused-ring (bicyclic) bond motifs is 1. The van der Waals surface area contributed by atoms with Crippen molar-refractivity contribution in [1.82, 2.24) is 5.32 Å². The molecule has 0 aliphatic carbocycles. The second-order valence-electron chi connectivity index (χ2n) is 8.18. The number of nitrogens with one attached hydrogen (secondary N) is 1. The van der Waals surface area contributed by atoms with Crippen molar-refractivity contribution >= 4 is 21.6 Å². The van der Waals surface area contributed by atoms with Gasteiger partial charge in [0.1, 0.15) is 5.82 Å². The molecule has 1 heterocycles. The van der Waals surface area contributed by atoms with Crippen molar-refractivity contribution < 1.29 is 49.1 Å². The Morgan fingerprint density at radius 3 is 2.22 bits per heavy atom. The number of aliphatic hydroxyl groups is 1. The van der Waals surface area contributed by atoms with Crippen LogP contribution in [0.25, 0.3) is 0 Å². The number of benzene rings is 2. The molecule has 6 nitrogen and oxygen atoms in total. The van der Waals surface area contributed by atoms with Crippen LogP contribution in [0.15, 0.2) is 47.4 Å². The number of alkyl halides is 6. The van der Waals surface area contributed by atoms with E-state index in [0.29, 0.717) is 22.5 Å². The highest BCUT2D eigenvalue weighted by Gasteiger charge is 2.71. The van der Waals surface area contributed by atoms with Gasteiger partial charge < -0.3 is 10.4 Å². The molecule has 3 rings (SSSR count). The number of halogens is 7. The van der Waals surface area contributed by atoms with Gasteiger partial charge in [-0.2, -0.15) is 26.3 Å². The van der Waals surface area contributed by atoms with E-state index in [4.69, 9.17) is 6.42 Å². The molecule has 0 unspecified atom stereocenters. The number of nitrogens with zero attached hydrogens (tertiary/aromatic N) is 1. The Bertz CT molecular complexity index is 1300. The summed E-state index contributed by atoms with van der Waals surface area (Å²) in [5.41, 5.74) is -7.28. The zero-order chi connectivity index (χ0) is 27.8.